The number of rotatable bonds is 8. The number of nitrogens with zero attached hydrogens (tertiary/aromatic N) is 1. The van der Waals surface area contributed by atoms with Crippen molar-refractivity contribution < 1.29 is 18.6 Å². The Bertz CT molecular complexity index is 784. The van der Waals surface area contributed by atoms with Crippen LogP contribution in [0.25, 0.3) is 0 Å². The third kappa shape index (κ3) is 5.85. The van der Waals surface area contributed by atoms with Gasteiger partial charge in [-0.15, -0.1) is 0 Å². The van der Waals surface area contributed by atoms with E-state index < -0.39 is 0 Å². The summed E-state index contributed by atoms with van der Waals surface area (Å²) in [6, 6.07) is 12.7. The smallest absolute Gasteiger partial charge is 0.190 e. The molecule has 1 aliphatic rings. The van der Waals surface area contributed by atoms with Crippen molar-refractivity contribution in [2.45, 2.75) is 19.4 Å². The molecule has 3 rings (SSSR count). The largest absolute Gasteiger partial charge is 0.494 e. The van der Waals surface area contributed by atoms with E-state index in [4.69, 9.17) is 14.2 Å². The van der Waals surface area contributed by atoms with Gasteiger partial charge in [0.2, 0.25) is 0 Å². The molecule has 0 spiro atoms. The summed E-state index contributed by atoms with van der Waals surface area (Å²) < 4.78 is 30.2. The van der Waals surface area contributed by atoms with Crippen molar-refractivity contribution in [3.63, 3.8) is 0 Å². The van der Waals surface area contributed by atoms with Gasteiger partial charge < -0.3 is 24.8 Å². The maximum absolute atomic E-state index is 13.8. The third-order valence-corrected chi connectivity index (χ3v) is 4.29. The van der Waals surface area contributed by atoms with Crippen LogP contribution in [0.4, 0.5) is 4.39 Å². The predicted molar refractivity (Wildman–Crippen MR) is 106 cm³/mol. The molecule has 0 aliphatic carbocycles. The van der Waals surface area contributed by atoms with Gasteiger partial charge in [-0.2, -0.15) is 0 Å². The van der Waals surface area contributed by atoms with Crippen LogP contribution >= 0.6 is 0 Å². The normalized spacial score (nSPS) is 13.4. The molecule has 2 aromatic rings. The second-order valence-electron chi connectivity index (χ2n) is 6.35. The number of benzene rings is 2. The molecule has 7 heteroatoms. The van der Waals surface area contributed by atoms with E-state index in [-0.39, 0.29) is 12.6 Å². The summed E-state index contributed by atoms with van der Waals surface area (Å²) in [6.07, 6.45) is 1.47. The molecule has 0 radical (unpaired) electrons. The van der Waals surface area contributed by atoms with Crippen molar-refractivity contribution in [1.82, 2.24) is 10.6 Å². The van der Waals surface area contributed by atoms with E-state index in [2.05, 4.69) is 15.6 Å². The zero-order valence-corrected chi connectivity index (χ0v) is 16.0. The number of guanidine groups is 1. The van der Waals surface area contributed by atoms with Gasteiger partial charge in [0, 0.05) is 25.7 Å². The molecule has 0 saturated heterocycles. The van der Waals surface area contributed by atoms with Crippen LogP contribution in [0.2, 0.25) is 0 Å². The predicted octanol–water partition coefficient (Wildman–Crippen LogP) is 2.87. The van der Waals surface area contributed by atoms with Gasteiger partial charge in [-0.25, -0.2) is 4.39 Å². The van der Waals surface area contributed by atoms with E-state index in [9.17, 15) is 4.39 Å². The Kier molecular flexibility index (Phi) is 7.49. The minimum Gasteiger partial charge on any atom is -0.494 e. The third-order valence-electron chi connectivity index (χ3n) is 4.29. The average Bonchev–Trinajstić information content (AvgIpc) is 2.72. The minimum absolute atomic E-state index is 0.202. The lowest BCUT2D eigenvalue weighted by Crippen LogP contribution is -2.39. The number of aliphatic imine (C=N–C) groups is 1. The van der Waals surface area contributed by atoms with Crippen molar-refractivity contribution in [2.24, 2.45) is 4.99 Å². The molecule has 0 aromatic heterocycles. The first-order valence-corrected chi connectivity index (χ1v) is 9.40. The zero-order valence-electron chi connectivity index (χ0n) is 16.0. The van der Waals surface area contributed by atoms with Gasteiger partial charge in [0.05, 0.1) is 13.2 Å². The molecule has 6 nitrogen and oxygen atoms in total. The van der Waals surface area contributed by atoms with Gasteiger partial charge >= 0.3 is 0 Å². The molecule has 0 fully saturated rings. The van der Waals surface area contributed by atoms with E-state index in [0.717, 1.165) is 35.6 Å². The van der Waals surface area contributed by atoms with Crippen LogP contribution in [-0.4, -0.2) is 39.5 Å². The molecular formula is C21H26FN3O3. The molecule has 0 saturated carbocycles. The first-order chi connectivity index (χ1) is 13.8. The van der Waals surface area contributed by atoms with Gasteiger partial charge in [0.1, 0.15) is 17.3 Å². The number of nitrogens with one attached hydrogen (secondary N) is 2. The fourth-order valence-corrected chi connectivity index (χ4v) is 2.96. The van der Waals surface area contributed by atoms with Crippen LogP contribution in [0.15, 0.2) is 47.5 Å². The van der Waals surface area contributed by atoms with Gasteiger partial charge in [0.25, 0.3) is 0 Å². The van der Waals surface area contributed by atoms with Crippen molar-refractivity contribution in [2.75, 3.05) is 33.5 Å². The summed E-state index contributed by atoms with van der Waals surface area (Å²) >= 11 is 0. The van der Waals surface area contributed by atoms with Crippen LogP contribution in [-0.2, 0) is 17.8 Å². The highest BCUT2D eigenvalue weighted by Crippen LogP contribution is 2.29. The van der Waals surface area contributed by atoms with Crippen LogP contribution in [0.3, 0.4) is 0 Å². The molecule has 0 unspecified atom stereocenters. The summed E-state index contributed by atoms with van der Waals surface area (Å²) in [4.78, 5) is 4.21. The van der Waals surface area contributed by atoms with E-state index in [1.54, 1.807) is 7.05 Å². The summed E-state index contributed by atoms with van der Waals surface area (Å²) in [6.45, 7) is 2.56. The number of fused-ring (bicyclic) bond motifs is 1. The Morgan fingerprint density at radius 1 is 1.18 bits per heavy atom. The highest BCUT2D eigenvalue weighted by atomic mass is 19.1. The van der Waals surface area contributed by atoms with E-state index >= 15 is 0 Å². The Hall–Kier alpha value is -2.80. The number of ether oxygens (including phenoxy) is 3. The fourth-order valence-electron chi connectivity index (χ4n) is 2.96. The summed E-state index contributed by atoms with van der Waals surface area (Å²) in [7, 11) is 1.72. The summed E-state index contributed by atoms with van der Waals surface area (Å²) in [5, 5.41) is 6.49. The van der Waals surface area contributed by atoms with Crippen molar-refractivity contribution in [1.29, 1.82) is 0 Å². The van der Waals surface area contributed by atoms with Crippen LogP contribution < -0.4 is 20.1 Å². The van der Waals surface area contributed by atoms with Crippen molar-refractivity contribution in [3.05, 3.63) is 59.4 Å². The molecule has 2 N–H and O–H groups in total. The van der Waals surface area contributed by atoms with Gasteiger partial charge in [-0.1, -0.05) is 18.2 Å². The Balaban J connectivity index is 1.38. The standard InChI is InChI=1S/C21H26FN3O3/c1-23-21(24-9-5-11-27-19-6-3-2-4-7-19)25-10-8-16-12-18(22)13-17-14-26-15-28-20(16)17/h2-4,6-7,12-13H,5,8-11,14-15H2,1H3,(H2,23,24,25). The molecule has 0 bridgehead atoms. The molecular weight excluding hydrogens is 361 g/mol. The molecule has 0 amide bonds. The van der Waals surface area contributed by atoms with Crippen LogP contribution in [0, 0.1) is 5.82 Å². The monoisotopic (exact) mass is 387 g/mol. The molecule has 2 aromatic carbocycles. The van der Waals surface area contributed by atoms with Crippen LogP contribution in [0.1, 0.15) is 17.5 Å². The SMILES string of the molecule is CN=C(NCCCOc1ccccc1)NCCc1cc(F)cc2c1OCOC2. The fraction of sp³-hybridized carbons (Fsp3) is 0.381. The zero-order chi connectivity index (χ0) is 19.6. The van der Waals surface area contributed by atoms with Gasteiger partial charge in [-0.05, 0) is 42.7 Å². The highest BCUT2D eigenvalue weighted by Gasteiger charge is 2.16. The van der Waals surface area contributed by atoms with Crippen molar-refractivity contribution in [3.8, 4) is 11.5 Å². The van der Waals surface area contributed by atoms with E-state index in [0.29, 0.717) is 32.1 Å². The van der Waals surface area contributed by atoms with E-state index in [1.807, 2.05) is 30.3 Å². The lowest BCUT2D eigenvalue weighted by molar-refractivity contribution is -0.0172. The number of hydrogen-bond donors (Lipinski definition) is 2. The Morgan fingerprint density at radius 2 is 2.00 bits per heavy atom. The molecule has 1 aliphatic heterocycles. The maximum atomic E-state index is 13.8. The number of para-hydroxylation sites is 1. The van der Waals surface area contributed by atoms with E-state index in [1.165, 1.54) is 12.1 Å². The second-order valence-corrected chi connectivity index (χ2v) is 6.35. The topological polar surface area (TPSA) is 64.1 Å². The maximum Gasteiger partial charge on any atom is 0.190 e. The summed E-state index contributed by atoms with van der Waals surface area (Å²) in [5.74, 6) is 2.03. The number of halogens is 1. The molecule has 150 valence electrons. The molecule has 28 heavy (non-hydrogen) atoms. The van der Waals surface area contributed by atoms with Crippen molar-refractivity contribution >= 4 is 5.96 Å². The quantitative estimate of drug-likeness (QED) is 0.414. The Morgan fingerprint density at radius 3 is 2.82 bits per heavy atom. The first kappa shape index (κ1) is 19.9. The average molecular weight is 387 g/mol. The lowest BCUT2D eigenvalue weighted by Gasteiger charge is -2.21. The minimum atomic E-state index is -0.274. The molecule has 1 heterocycles. The number of hydrogen-bond acceptors (Lipinski definition) is 4. The lowest BCUT2D eigenvalue weighted by atomic mass is 10.1. The van der Waals surface area contributed by atoms with Gasteiger partial charge in [-0.3, -0.25) is 4.99 Å². The van der Waals surface area contributed by atoms with Gasteiger partial charge in [0.15, 0.2) is 12.8 Å². The summed E-state index contributed by atoms with van der Waals surface area (Å²) in [5.41, 5.74) is 1.58. The highest BCUT2D eigenvalue weighted by molar-refractivity contribution is 5.79. The first-order valence-electron chi connectivity index (χ1n) is 9.40. The second kappa shape index (κ2) is 10.5. The Labute approximate surface area is 164 Å². The molecule has 0 atom stereocenters. The van der Waals surface area contributed by atoms with Crippen LogP contribution in [0.5, 0.6) is 11.5 Å².